The molecule has 1 saturated heterocycles. The van der Waals surface area contributed by atoms with E-state index in [2.05, 4.69) is 10.0 Å². The molecule has 0 spiro atoms. The van der Waals surface area contributed by atoms with Gasteiger partial charge in [0.25, 0.3) is 0 Å². The summed E-state index contributed by atoms with van der Waals surface area (Å²) < 4.78 is 64.7. The molecule has 1 aromatic rings. The molecule has 1 aromatic carbocycles. The molecule has 0 saturated carbocycles. The molecule has 1 aliphatic heterocycles. The lowest BCUT2D eigenvalue weighted by atomic mass is 10.1. The summed E-state index contributed by atoms with van der Waals surface area (Å²) in [5, 5.41) is 2.99. The number of hydrogen-bond donors (Lipinski definition) is 2. The number of nitrogens with one attached hydrogen (secondary N) is 2. The largest absolute Gasteiger partial charge is 0.416 e. The van der Waals surface area contributed by atoms with Crippen LogP contribution in [-0.4, -0.2) is 27.5 Å². The van der Waals surface area contributed by atoms with Gasteiger partial charge in [0, 0.05) is 12.6 Å². The van der Waals surface area contributed by atoms with Gasteiger partial charge in [-0.05, 0) is 24.6 Å². The summed E-state index contributed by atoms with van der Waals surface area (Å²) in [5.41, 5.74) is -1.15. The van der Waals surface area contributed by atoms with Gasteiger partial charge >= 0.3 is 6.18 Å². The molecule has 120 valence electrons. The standard InChI is InChI=1S/C12H15F3N2O2S.ClH/c13-12(14,15)11-4-2-1-3-9(11)8-20(18,19)17-10-5-6-16-7-10;/h1-4,10,16-17H,5-8H2;1H. The van der Waals surface area contributed by atoms with Crippen LogP contribution in [0.3, 0.4) is 0 Å². The van der Waals surface area contributed by atoms with E-state index in [0.29, 0.717) is 19.5 Å². The quantitative estimate of drug-likeness (QED) is 0.877. The van der Waals surface area contributed by atoms with Crippen molar-refractivity contribution < 1.29 is 21.6 Å². The average molecular weight is 345 g/mol. The highest BCUT2D eigenvalue weighted by molar-refractivity contribution is 7.88. The van der Waals surface area contributed by atoms with Crippen LogP contribution >= 0.6 is 12.4 Å². The molecule has 4 nitrogen and oxygen atoms in total. The van der Waals surface area contributed by atoms with E-state index in [1.54, 1.807) is 0 Å². The topological polar surface area (TPSA) is 58.2 Å². The first-order chi connectivity index (χ1) is 9.28. The zero-order valence-electron chi connectivity index (χ0n) is 11.0. The molecule has 0 radical (unpaired) electrons. The SMILES string of the molecule is Cl.O=S(=O)(Cc1ccccc1C(F)(F)F)NC1CCNC1. The van der Waals surface area contributed by atoms with Gasteiger partial charge in [-0.1, -0.05) is 18.2 Å². The lowest BCUT2D eigenvalue weighted by Crippen LogP contribution is -2.37. The maximum atomic E-state index is 12.8. The normalized spacial score (nSPS) is 19.3. The minimum Gasteiger partial charge on any atom is -0.315 e. The average Bonchev–Trinajstić information content (AvgIpc) is 2.79. The molecule has 0 bridgehead atoms. The first-order valence-corrected chi connectivity index (χ1v) is 7.79. The molecule has 0 aliphatic carbocycles. The highest BCUT2D eigenvalue weighted by Crippen LogP contribution is 2.32. The second kappa shape index (κ2) is 6.95. The minimum absolute atomic E-state index is 0. The van der Waals surface area contributed by atoms with E-state index < -0.39 is 27.5 Å². The van der Waals surface area contributed by atoms with Crippen LogP contribution in [0.15, 0.2) is 24.3 Å². The second-order valence-corrected chi connectivity index (χ2v) is 6.48. The van der Waals surface area contributed by atoms with Gasteiger partial charge in [-0.25, -0.2) is 13.1 Å². The maximum absolute atomic E-state index is 12.8. The monoisotopic (exact) mass is 344 g/mol. The molecule has 1 fully saturated rings. The van der Waals surface area contributed by atoms with Crippen molar-refractivity contribution in [3.05, 3.63) is 35.4 Å². The summed E-state index contributed by atoms with van der Waals surface area (Å²) in [6.07, 6.45) is -3.92. The molecule has 1 heterocycles. The number of rotatable bonds is 4. The highest BCUT2D eigenvalue weighted by atomic mass is 35.5. The number of benzene rings is 1. The fourth-order valence-corrected chi connectivity index (χ4v) is 3.63. The maximum Gasteiger partial charge on any atom is 0.416 e. The smallest absolute Gasteiger partial charge is 0.315 e. The Bertz CT molecular complexity index is 572. The minimum atomic E-state index is -4.55. The van der Waals surface area contributed by atoms with Gasteiger partial charge in [0.05, 0.1) is 11.3 Å². The van der Waals surface area contributed by atoms with Crippen molar-refractivity contribution in [2.24, 2.45) is 0 Å². The van der Waals surface area contributed by atoms with Crippen LogP contribution in [0.5, 0.6) is 0 Å². The molecule has 1 aliphatic rings. The zero-order valence-corrected chi connectivity index (χ0v) is 12.6. The van der Waals surface area contributed by atoms with Gasteiger partial charge in [-0.15, -0.1) is 12.4 Å². The molecule has 2 N–H and O–H groups in total. The van der Waals surface area contributed by atoms with Gasteiger partial charge in [-0.3, -0.25) is 0 Å². The third-order valence-corrected chi connectivity index (χ3v) is 4.46. The van der Waals surface area contributed by atoms with Crippen LogP contribution in [0.25, 0.3) is 0 Å². The number of sulfonamides is 1. The lowest BCUT2D eigenvalue weighted by Gasteiger charge is -2.15. The number of hydrogen-bond acceptors (Lipinski definition) is 3. The summed E-state index contributed by atoms with van der Waals surface area (Å²) >= 11 is 0. The van der Waals surface area contributed by atoms with Crippen molar-refractivity contribution in [2.45, 2.75) is 24.4 Å². The first-order valence-electron chi connectivity index (χ1n) is 6.14. The Balaban J connectivity index is 0.00000220. The van der Waals surface area contributed by atoms with Crippen molar-refractivity contribution in [2.75, 3.05) is 13.1 Å². The van der Waals surface area contributed by atoms with E-state index in [4.69, 9.17) is 0 Å². The van der Waals surface area contributed by atoms with E-state index in [-0.39, 0.29) is 24.0 Å². The molecule has 2 rings (SSSR count). The zero-order chi connectivity index (χ0) is 14.8. The van der Waals surface area contributed by atoms with Crippen LogP contribution in [0.4, 0.5) is 13.2 Å². The Morgan fingerprint density at radius 2 is 1.95 bits per heavy atom. The molecule has 0 aromatic heterocycles. The van der Waals surface area contributed by atoms with Gasteiger partial charge in [0.1, 0.15) is 0 Å². The molecular weight excluding hydrogens is 329 g/mol. The fourth-order valence-electron chi connectivity index (χ4n) is 2.18. The summed E-state index contributed by atoms with van der Waals surface area (Å²) in [6, 6.07) is 4.47. The van der Waals surface area contributed by atoms with Crippen molar-refractivity contribution in [1.82, 2.24) is 10.0 Å². The fraction of sp³-hybridized carbons (Fsp3) is 0.500. The Kier molecular flexibility index (Phi) is 6.03. The highest BCUT2D eigenvalue weighted by Gasteiger charge is 2.34. The molecule has 9 heteroatoms. The molecule has 21 heavy (non-hydrogen) atoms. The van der Waals surface area contributed by atoms with E-state index in [0.717, 1.165) is 6.07 Å². The van der Waals surface area contributed by atoms with E-state index in [1.807, 2.05) is 0 Å². The Hall–Kier alpha value is -0.830. The van der Waals surface area contributed by atoms with Crippen molar-refractivity contribution in [3.63, 3.8) is 0 Å². The number of halogens is 4. The van der Waals surface area contributed by atoms with Crippen molar-refractivity contribution in [3.8, 4) is 0 Å². The number of alkyl halides is 3. The Morgan fingerprint density at radius 1 is 1.29 bits per heavy atom. The molecule has 0 amide bonds. The van der Waals surface area contributed by atoms with Crippen LogP contribution in [0.1, 0.15) is 17.5 Å². The van der Waals surface area contributed by atoms with Crippen LogP contribution < -0.4 is 10.0 Å². The Labute approximate surface area is 127 Å². The summed E-state index contributed by atoms with van der Waals surface area (Å²) in [7, 11) is -3.79. The molecule has 1 atom stereocenters. The van der Waals surface area contributed by atoms with Crippen LogP contribution in [0.2, 0.25) is 0 Å². The lowest BCUT2D eigenvalue weighted by molar-refractivity contribution is -0.138. The first kappa shape index (κ1) is 18.2. The van der Waals surface area contributed by atoms with Crippen LogP contribution in [0, 0.1) is 0 Å². The van der Waals surface area contributed by atoms with Gasteiger partial charge in [0.15, 0.2) is 0 Å². The summed E-state index contributed by atoms with van der Waals surface area (Å²) in [6.45, 7) is 1.20. The third kappa shape index (κ3) is 5.14. The van der Waals surface area contributed by atoms with Gasteiger partial charge in [-0.2, -0.15) is 13.2 Å². The third-order valence-electron chi connectivity index (χ3n) is 3.07. The molecule has 1 unspecified atom stereocenters. The van der Waals surface area contributed by atoms with Gasteiger partial charge in [0.2, 0.25) is 10.0 Å². The predicted molar refractivity (Wildman–Crippen MR) is 75.7 cm³/mol. The predicted octanol–water partition coefficient (Wildman–Crippen LogP) is 1.91. The van der Waals surface area contributed by atoms with E-state index >= 15 is 0 Å². The Morgan fingerprint density at radius 3 is 2.52 bits per heavy atom. The van der Waals surface area contributed by atoms with Crippen molar-refractivity contribution in [1.29, 1.82) is 0 Å². The van der Waals surface area contributed by atoms with Crippen molar-refractivity contribution >= 4 is 22.4 Å². The second-order valence-electron chi connectivity index (χ2n) is 4.72. The molecular formula is C12H16ClF3N2O2S. The van der Waals surface area contributed by atoms with Crippen LogP contribution in [-0.2, 0) is 22.0 Å². The van der Waals surface area contributed by atoms with E-state index in [9.17, 15) is 21.6 Å². The summed E-state index contributed by atoms with van der Waals surface area (Å²) in [5.74, 6) is -0.667. The summed E-state index contributed by atoms with van der Waals surface area (Å²) in [4.78, 5) is 0. The van der Waals surface area contributed by atoms with Gasteiger partial charge < -0.3 is 5.32 Å². The van der Waals surface area contributed by atoms with E-state index in [1.165, 1.54) is 18.2 Å².